The van der Waals surface area contributed by atoms with E-state index in [0.29, 0.717) is 0 Å². The van der Waals surface area contributed by atoms with E-state index in [9.17, 15) is 0 Å². The SMILES string of the molecule is C=C(C)/C(=C/c1ccccc1)CCCCC. The Hall–Kier alpha value is -1.30. The van der Waals surface area contributed by atoms with Gasteiger partial charge in [-0.05, 0) is 30.9 Å². The lowest BCUT2D eigenvalue weighted by Gasteiger charge is -2.07. The van der Waals surface area contributed by atoms with Crippen LogP contribution >= 0.6 is 0 Å². The Balaban J connectivity index is 2.70. The number of hydrogen-bond acceptors (Lipinski definition) is 0. The highest BCUT2D eigenvalue weighted by molar-refractivity contribution is 5.57. The molecule has 0 heterocycles. The molecule has 1 aromatic carbocycles. The third-order valence-corrected chi connectivity index (χ3v) is 2.74. The Morgan fingerprint density at radius 2 is 1.88 bits per heavy atom. The van der Waals surface area contributed by atoms with Gasteiger partial charge in [-0.15, -0.1) is 0 Å². The zero-order valence-electron chi connectivity index (χ0n) is 10.5. The van der Waals surface area contributed by atoms with Gasteiger partial charge in [0.15, 0.2) is 0 Å². The van der Waals surface area contributed by atoms with Crippen LogP contribution in [0.5, 0.6) is 0 Å². The Labute approximate surface area is 99.7 Å². The van der Waals surface area contributed by atoms with Crippen LogP contribution in [0.3, 0.4) is 0 Å². The van der Waals surface area contributed by atoms with E-state index in [1.165, 1.54) is 36.0 Å². The van der Waals surface area contributed by atoms with Gasteiger partial charge in [0.05, 0.1) is 0 Å². The molecular weight excluding hydrogens is 192 g/mol. The minimum atomic E-state index is 1.15. The molecule has 0 unspecified atom stereocenters. The maximum absolute atomic E-state index is 4.06. The summed E-state index contributed by atoms with van der Waals surface area (Å²) in [5, 5.41) is 0. The van der Waals surface area contributed by atoms with Gasteiger partial charge in [0.2, 0.25) is 0 Å². The molecule has 0 radical (unpaired) electrons. The van der Waals surface area contributed by atoms with Crippen molar-refractivity contribution in [3.8, 4) is 0 Å². The maximum atomic E-state index is 4.06. The van der Waals surface area contributed by atoms with Crippen molar-refractivity contribution < 1.29 is 0 Å². The van der Waals surface area contributed by atoms with Gasteiger partial charge in [0, 0.05) is 0 Å². The molecule has 0 N–H and O–H groups in total. The van der Waals surface area contributed by atoms with Crippen LogP contribution in [0, 0.1) is 0 Å². The average Bonchev–Trinajstić information content (AvgIpc) is 2.29. The van der Waals surface area contributed by atoms with E-state index in [1.54, 1.807) is 0 Å². The van der Waals surface area contributed by atoms with Gasteiger partial charge in [-0.25, -0.2) is 0 Å². The summed E-state index contributed by atoms with van der Waals surface area (Å²) >= 11 is 0. The highest BCUT2D eigenvalue weighted by Gasteiger charge is 1.98. The normalized spacial score (nSPS) is 11.5. The summed E-state index contributed by atoms with van der Waals surface area (Å²) < 4.78 is 0. The van der Waals surface area contributed by atoms with Crippen molar-refractivity contribution in [2.75, 3.05) is 0 Å². The van der Waals surface area contributed by atoms with Crippen LogP contribution in [0.15, 0.2) is 48.1 Å². The van der Waals surface area contributed by atoms with Gasteiger partial charge in [-0.3, -0.25) is 0 Å². The molecule has 0 bridgehead atoms. The lowest BCUT2D eigenvalue weighted by atomic mass is 9.99. The predicted octanol–water partition coefficient (Wildman–Crippen LogP) is 5.23. The Kier molecular flexibility index (Phi) is 5.63. The second-order valence-corrected chi connectivity index (χ2v) is 4.32. The lowest BCUT2D eigenvalue weighted by molar-refractivity contribution is 0.717. The van der Waals surface area contributed by atoms with E-state index in [-0.39, 0.29) is 0 Å². The zero-order chi connectivity index (χ0) is 11.8. The van der Waals surface area contributed by atoms with Crippen molar-refractivity contribution in [2.24, 2.45) is 0 Å². The van der Waals surface area contributed by atoms with E-state index in [2.05, 4.69) is 56.8 Å². The number of allylic oxidation sites excluding steroid dienone is 2. The van der Waals surface area contributed by atoms with Gasteiger partial charge in [-0.1, -0.05) is 68.3 Å². The van der Waals surface area contributed by atoms with Crippen molar-refractivity contribution in [3.05, 3.63) is 53.6 Å². The van der Waals surface area contributed by atoms with Crippen molar-refractivity contribution in [1.82, 2.24) is 0 Å². The third-order valence-electron chi connectivity index (χ3n) is 2.74. The van der Waals surface area contributed by atoms with E-state index in [4.69, 9.17) is 0 Å². The van der Waals surface area contributed by atoms with Crippen LogP contribution < -0.4 is 0 Å². The molecule has 0 spiro atoms. The number of hydrogen-bond donors (Lipinski definition) is 0. The maximum Gasteiger partial charge on any atom is -0.0254 e. The fraction of sp³-hybridized carbons (Fsp3) is 0.375. The van der Waals surface area contributed by atoms with Crippen LogP contribution in [0.25, 0.3) is 6.08 Å². The summed E-state index contributed by atoms with van der Waals surface area (Å²) in [6.07, 6.45) is 7.26. The minimum absolute atomic E-state index is 1.15. The molecule has 0 heteroatoms. The van der Waals surface area contributed by atoms with Crippen LogP contribution in [0.2, 0.25) is 0 Å². The van der Waals surface area contributed by atoms with E-state index in [0.717, 1.165) is 6.42 Å². The molecule has 0 aromatic heterocycles. The Morgan fingerprint density at radius 3 is 2.44 bits per heavy atom. The summed E-state index contributed by atoms with van der Waals surface area (Å²) in [4.78, 5) is 0. The largest absolute Gasteiger partial charge is 0.0958 e. The molecule has 0 saturated heterocycles. The number of unbranched alkanes of at least 4 members (excludes halogenated alkanes) is 2. The molecule has 0 aliphatic carbocycles. The summed E-state index contributed by atoms with van der Waals surface area (Å²) in [6.45, 7) is 8.40. The first-order chi connectivity index (χ1) is 7.74. The van der Waals surface area contributed by atoms with Gasteiger partial charge in [-0.2, -0.15) is 0 Å². The molecule has 1 aromatic rings. The van der Waals surface area contributed by atoms with Crippen LogP contribution in [-0.4, -0.2) is 0 Å². The van der Waals surface area contributed by atoms with E-state index >= 15 is 0 Å². The highest BCUT2D eigenvalue weighted by Crippen LogP contribution is 2.19. The summed E-state index contributed by atoms with van der Waals surface area (Å²) in [5.74, 6) is 0. The molecular formula is C16H22. The zero-order valence-corrected chi connectivity index (χ0v) is 10.5. The molecule has 0 saturated carbocycles. The Morgan fingerprint density at radius 1 is 1.19 bits per heavy atom. The summed E-state index contributed by atoms with van der Waals surface area (Å²) in [7, 11) is 0. The standard InChI is InChI=1S/C16H22/c1-4-5-7-12-16(14(2)3)13-15-10-8-6-9-11-15/h6,8-11,13H,2,4-5,7,12H2,1,3H3/b16-13+. The third kappa shape index (κ3) is 4.48. The van der Waals surface area contributed by atoms with Crippen LogP contribution in [0.4, 0.5) is 0 Å². The number of benzene rings is 1. The molecule has 0 aliphatic heterocycles. The van der Waals surface area contributed by atoms with E-state index in [1.807, 2.05) is 0 Å². The topological polar surface area (TPSA) is 0 Å². The first-order valence-electron chi connectivity index (χ1n) is 6.15. The summed E-state index contributed by atoms with van der Waals surface area (Å²) in [5.41, 5.74) is 3.86. The molecule has 0 atom stereocenters. The fourth-order valence-electron chi connectivity index (χ4n) is 1.72. The molecule has 86 valence electrons. The van der Waals surface area contributed by atoms with Crippen LogP contribution in [-0.2, 0) is 0 Å². The van der Waals surface area contributed by atoms with Crippen molar-refractivity contribution in [2.45, 2.75) is 39.5 Å². The van der Waals surface area contributed by atoms with Gasteiger partial charge >= 0.3 is 0 Å². The first kappa shape index (κ1) is 12.8. The van der Waals surface area contributed by atoms with E-state index < -0.39 is 0 Å². The second-order valence-electron chi connectivity index (χ2n) is 4.32. The molecule has 0 aliphatic rings. The van der Waals surface area contributed by atoms with Crippen molar-refractivity contribution in [3.63, 3.8) is 0 Å². The summed E-state index contributed by atoms with van der Waals surface area (Å²) in [6, 6.07) is 10.5. The van der Waals surface area contributed by atoms with Gasteiger partial charge in [0.25, 0.3) is 0 Å². The van der Waals surface area contributed by atoms with Crippen molar-refractivity contribution >= 4 is 6.08 Å². The van der Waals surface area contributed by atoms with Crippen molar-refractivity contribution in [1.29, 1.82) is 0 Å². The first-order valence-corrected chi connectivity index (χ1v) is 6.15. The predicted molar refractivity (Wildman–Crippen MR) is 73.4 cm³/mol. The molecule has 1 rings (SSSR count). The molecule has 0 amide bonds. The van der Waals surface area contributed by atoms with Gasteiger partial charge < -0.3 is 0 Å². The number of rotatable bonds is 6. The smallest absolute Gasteiger partial charge is 0.0254 e. The second kappa shape index (κ2) is 7.05. The molecule has 16 heavy (non-hydrogen) atoms. The molecule has 0 fully saturated rings. The average molecular weight is 214 g/mol. The quantitative estimate of drug-likeness (QED) is 0.449. The monoisotopic (exact) mass is 214 g/mol. The fourth-order valence-corrected chi connectivity index (χ4v) is 1.72. The highest BCUT2D eigenvalue weighted by atomic mass is 14.0. The molecule has 0 nitrogen and oxygen atoms in total. The lowest BCUT2D eigenvalue weighted by Crippen LogP contribution is -1.86. The van der Waals surface area contributed by atoms with Crippen LogP contribution in [0.1, 0.15) is 45.1 Å². The minimum Gasteiger partial charge on any atom is -0.0958 e. The Bertz CT molecular complexity index is 344. The van der Waals surface area contributed by atoms with Gasteiger partial charge in [0.1, 0.15) is 0 Å².